The van der Waals surface area contributed by atoms with Crippen LogP contribution >= 0.6 is 0 Å². The third kappa shape index (κ3) is 2.03. The predicted octanol–water partition coefficient (Wildman–Crippen LogP) is 2.34. The number of hydrogen-bond donors (Lipinski definition) is 1. The summed E-state index contributed by atoms with van der Waals surface area (Å²) in [6.07, 6.45) is 1.47. The molecule has 20 heavy (non-hydrogen) atoms. The lowest BCUT2D eigenvalue weighted by molar-refractivity contribution is 1.12. The Bertz CT molecular complexity index is 753. The first kappa shape index (κ1) is 12.3. The van der Waals surface area contributed by atoms with E-state index in [0.717, 1.165) is 22.5 Å². The van der Waals surface area contributed by atoms with Crippen molar-refractivity contribution in [3.05, 3.63) is 42.7 Å². The first-order valence-corrected chi connectivity index (χ1v) is 6.31. The fraction of sp³-hybridized carbons (Fsp3) is 0.133. The third-order valence-electron chi connectivity index (χ3n) is 3.15. The van der Waals surface area contributed by atoms with Crippen molar-refractivity contribution >= 4 is 22.5 Å². The molecule has 0 spiro atoms. The van der Waals surface area contributed by atoms with E-state index in [1.165, 1.54) is 6.33 Å². The quantitative estimate of drug-likeness (QED) is 0.770. The molecule has 0 saturated carbocycles. The molecule has 0 aliphatic carbocycles. The largest absolute Gasteiger partial charge is 0.382 e. The Balaban J connectivity index is 2.33. The van der Waals surface area contributed by atoms with E-state index in [4.69, 9.17) is 5.73 Å². The summed E-state index contributed by atoms with van der Waals surface area (Å²) in [5, 5.41) is 0. The zero-order valence-corrected chi connectivity index (χ0v) is 11.4. The molecule has 0 unspecified atom stereocenters. The first-order chi connectivity index (χ1) is 9.66. The molecule has 0 bridgehead atoms. The third-order valence-corrected chi connectivity index (χ3v) is 3.15. The summed E-state index contributed by atoms with van der Waals surface area (Å²) in [5.74, 6) is 0.399. The van der Waals surface area contributed by atoms with Gasteiger partial charge in [-0.05, 0) is 6.07 Å². The van der Waals surface area contributed by atoms with Crippen LogP contribution in [0.2, 0.25) is 0 Å². The minimum absolute atomic E-state index is 0.399. The van der Waals surface area contributed by atoms with E-state index < -0.39 is 0 Å². The molecule has 0 atom stereocenters. The van der Waals surface area contributed by atoms with Crippen LogP contribution in [-0.2, 0) is 0 Å². The van der Waals surface area contributed by atoms with Crippen LogP contribution in [0, 0.1) is 0 Å². The summed E-state index contributed by atoms with van der Waals surface area (Å²) in [6.45, 7) is 0. The van der Waals surface area contributed by atoms with Crippen molar-refractivity contribution in [2.24, 2.45) is 0 Å². The molecule has 100 valence electrons. The lowest BCUT2D eigenvalue weighted by Crippen LogP contribution is -2.11. The molecular formula is C15H15N5. The highest BCUT2D eigenvalue weighted by Gasteiger charge is 2.12. The Kier molecular flexibility index (Phi) is 2.95. The lowest BCUT2D eigenvalue weighted by atomic mass is 10.1. The Morgan fingerprint density at radius 1 is 1.00 bits per heavy atom. The number of nitrogens with zero attached hydrogens (tertiary/aromatic N) is 4. The van der Waals surface area contributed by atoms with Gasteiger partial charge in [0, 0.05) is 19.7 Å². The van der Waals surface area contributed by atoms with Crippen molar-refractivity contribution < 1.29 is 0 Å². The van der Waals surface area contributed by atoms with Gasteiger partial charge in [0.15, 0.2) is 5.82 Å². The fourth-order valence-corrected chi connectivity index (χ4v) is 2.14. The molecule has 3 rings (SSSR count). The summed E-state index contributed by atoms with van der Waals surface area (Å²) in [6, 6.07) is 12.0. The van der Waals surface area contributed by atoms with Crippen molar-refractivity contribution in [3.8, 4) is 11.3 Å². The normalized spacial score (nSPS) is 10.7. The molecule has 2 heterocycles. The van der Waals surface area contributed by atoms with E-state index in [2.05, 4.69) is 15.0 Å². The average Bonchev–Trinajstić information content (AvgIpc) is 2.47. The van der Waals surface area contributed by atoms with Gasteiger partial charge in [0.1, 0.15) is 17.4 Å². The molecule has 0 radical (unpaired) electrons. The van der Waals surface area contributed by atoms with Crippen LogP contribution in [0.5, 0.6) is 0 Å². The Hall–Kier alpha value is -2.69. The standard InChI is InChI=1S/C15H15N5/c1-20(2)12-8-11(10-6-4-3-5-7-10)19-14-13(12)17-9-18-15(14)16/h3-9H,1-2H3,(H2,16,17,18). The highest BCUT2D eigenvalue weighted by molar-refractivity contribution is 5.95. The van der Waals surface area contributed by atoms with E-state index in [1.807, 2.05) is 55.4 Å². The van der Waals surface area contributed by atoms with Crippen molar-refractivity contribution in [2.75, 3.05) is 24.7 Å². The Morgan fingerprint density at radius 3 is 2.45 bits per heavy atom. The Morgan fingerprint density at radius 2 is 1.75 bits per heavy atom. The molecule has 5 nitrogen and oxygen atoms in total. The fourth-order valence-electron chi connectivity index (χ4n) is 2.14. The van der Waals surface area contributed by atoms with Gasteiger partial charge in [-0.25, -0.2) is 15.0 Å². The lowest BCUT2D eigenvalue weighted by Gasteiger charge is -2.16. The van der Waals surface area contributed by atoms with Crippen molar-refractivity contribution in [1.82, 2.24) is 15.0 Å². The number of aromatic nitrogens is 3. The minimum Gasteiger partial charge on any atom is -0.382 e. The predicted molar refractivity (Wildman–Crippen MR) is 81.5 cm³/mol. The van der Waals surface area contributed by atoms with Gasteiger partial charge in [-0.1, -0.05) is 30.3 Å². The van der Waals surface area contributed by atoms with Gasteiger partial charge >= 0.3 is 0 Å². The zero-order valence-electron chi connectivity index (χ0n) is 11.4. The summed E-state index contributed by atoms with van der Waals surface area (Å²) in [7, 11) is 3.95. The summed E-state index contributed by atoms with van der Waals surface area (Å²) < 4.78 is 0. The van der Waals surface area contributed by atoms with Gasteiger partial charge in [-0.15, -0.1) is 0 Å². The molecule has 5 heteroatoms. The second-order valence-corrected chi connectivity index (χ2v) is 4.74. The molecule has 3 aromatic rings. The van der Waals surface area contributed by atoms with Crippen molar-refractivity contribution in [3.63, 3.8) is 0 Å². The molecule has 1 aromatic carbocycles. The SMILES string of the molecule is CN(C)c1cc(-c2ccccc2)nc2c(N)ncnc12. The molecule has 2 aromatic heterocycles. The first-order valence-electron chi connectivity index (χ1n) is 6.31. The van der Waals surface area contributed by atoms with Crippen LogP contribution in [0.4, 0.5) is 11.5 Å². The molecule has 0 aliphatic heterocycles. The molecule has 0 fully saturated rings. The maximum absolute atomic E-state index is 5.94. The van der Waals surface area contributed by atoms with E-state index in [9.17, 15) is 0 Å². The number of pyridine rings is 1. The maximum atomic E-state index is 5.94. The topological polar surface area (TPSA) is 67.9 Å². The van der Waals surface area contributed by atoms with Gasteiger partial charge in [-0.2, -0.15) is 0 Å². The second kappa shape index (κ2) is 4.77. The van der Waals surface area contributed by atoms with Crippen LogP contribution in [0.1, 0.15) is 0 Å². The van der Waals surface area contributed by atoms with Gasteiger partial charge in [-0.3, -0.25) is 0 Å². The van der Waals surface area contributed by atoms with Crippen molar-refractivity contribution in [1.29, 1.82) is 0 Å². The van der Waals surface area contributed by atoms with Gasteiger partial charge < -0.3 is 10.6 Å². The number of anilines is 2. The summed E-state index contributed by atoms with van der Waals surface area (Å²) >= 11 is 0. The average molecular weight is 265 g/mol. The highest BCUT2D eigenvalue weighted by Crippen LogP contribution is 2.29. The zero-order chi connectivity index (χ0) is 14.1. The molecular weight excluding hydrogens is 250 g/mol. The van der Waals surface area contributed by atoms with Crippen LogP contribution in [-0.4, -0.2) is 29.0 Å². The molecule has 2 N–H and O–H groups in total. The van der Waals surface area contributed by atoms with E-state index >= 15 is 0 Å². The number of hydrogen-bond acceptors (Lipinski definition) is 5. The molecule has 0 amide bonds. The monoisotopic (exact) mass is 265 g/mol. The number of fused-ring (bicyclic) bond motifs is 1. The van der Waals surface area contributed by atoms with Gasteiger partial charge in [0.25, 0.3) is 0 Å². The molecule has 0 aliphatic rings. The molecule has 0 saturated heterocycles. The van der Waals surface area contributed by atoms with E-state index in [0.29, 0.717) is 11.3 Å². The smallest absolute Gasteiger partial charge is 0.153 e. The second-order valence-electron chi connectivity index (χ2n) is 4.74. The van der Waals surface area contributed by atoms with Crippen LogP contribution in [0.15, 0.2) is 42.7 Å². The number of benzene rings is 1. The summed E-state index contributed by atoms with van der Waals surface area (Å²) in [4.78, 5) is 14.9. The number of rotatable bonds is 2. The Labute approximate surface area is 117 Å². The van der Waals surface area contributed by atoms with Gasteiger partial charge in [0.05, 0.1) is 11.4 Å². The maximum Gasteiger partial charge on any atom is 0.153 e. The summed E-state index contributed by atoms with van der Waals surface area (Å²) in [5.41, 5.74) is 10.2. The number of nitrogen functional groups attached to an aromatic ring is 1. The van der Waals surface area contributed by atoms with Crippen LogP contribution in [0.3, 0.4) is 0 Å². The van der Waals surface area contributed by atoms with Crippen LogP contribution in [0.25, 0.3) is 22.3 Å². The van der Waals surface area contributed by atoms with Crippen LogP contribution < -0.4 is 10.6 Å². The van der Waals surface area contributed by atoms with Crippen molar-refractivity contribution in [2.45, 2.75) is 0 Å². The minimum atomic E-state index is 0.399. The van der Waals surface area contributed by atoms with E-state index in [1.54, 1.807) is 0 Å². The number of nitrogens with two attached hydrogens (primary N) is 1. The highest BCUT2D eigenvalue weighted by atomic mass is 15.1. The van der Waals surface area contributed by atoms with E-state index in [-0.39, 0.29) is 0 Å². The van der Waals surface area contributed by atoms with Gasteiger partial charge in [0.2, 0.25) is 0 Å².